The third kappa shape index (κ3) is 2.73. The van der Waals surface area contributed by atoms with E-state index in [4.69, 9.17) is 17.3 Å². The first kappa shape index (κ1) is 13.9. The molecule has 2 rings (SSSR count). The Morgan fingerprint density at radius 2 is 1.94 bits per heavy atom. The van der Waals surface area contributed by atoms with Gasteiger partial charge in [-0.05, 0) is 54.7 Å². The van der Waals surface area contributed by atoms with Crippen LogP contribution in [0.15, 0.2) is 18.2 Å². The SMILES string of the molecule is Cc1c(Cl)cccc1C(N)C1CCC(C)C(C)C1. The molecule has 0 radical (unpaired) electrons. The van der Waals surface area contributed by atoms with Gasteiger partial charge in [-0.15, -0.1) is 0 Å². The molecular formula is C16H24ClN. The van der Waals surface area contributed by atoms with E-state index in [1.165, 1.54) is 24.8 Å². The molecule has 0 saturated heterocycles. The van der Waals surface area contributed by atoms with Crippen molar-refractivity contribution in [3.05, 3.63) is 34.3 Å². The molecule has 1 aromatic carbocycles. The van der Waals surface area contributed by atoms with Gasteiger partial charge in [0.05, 0.1) is 0 Å². The van der Waals surface area contributed by atoms with E-state index in [-0.39, 0.29) is 6.04 Å². The quantitative estimate of drug-likeness (QED) is 0.823. The largest absolute Gasteiger partial charge is 0.324 e. The molecular weight excluding hydrogens is 242 g/mol. The highest BCUT2D eigenvalue weighted by Gasteiger charge is 2.29. The molecule has 0 amide bonds. The molecule has 1 saturated carbocycles. The average Bonchev–Trinajstić information content (AvgIpc) is 2.35. The van der Waals surface area contributed by atoms with Crippen molar-refractivity contribution >= 4 is 11.6 Å². The third-order valence-electron chi connectivity index (χ3n) is 4.82. The molecule has 0 heterocycles. The van der Waals surface area contributed by atoms with Crippen LogP contribution in [0.2, 0.25) is 5.02 Å². The molecule has 1 nitrogen and oxygen atoms in total. The Morgan fingerprint density at radius 3 is 2.61 bits per heavy atom. The van der Waals surface area contributed by atoms with Gasteiger partial charge in [0, 0.05) is 11.1 Å². The van der Waals surface area contributed by atoms with E-state index in [1.54, 1.807) is 0 Å². The van der Waals surface area contributed by atoms with Gasteiger partial charge in [-0.25, -0.2) is 0 Å². The summed E-state index contributed by atoms with van der Waals surface area (Å²) in [5.74, 6) is 2.23. The normalized spacial score (nSPS) is 30.2. The molecule has 4 atom stereocenters. The van der Waals surface area contributed by atoms with Crippen molar-refractivity contribution in [3.63, 3.8) is 0 Å². The molecule has 2 heteroatoms. The summed E-state index contributed by atoms with van der Waals surface area (Å²) in [6.45, 7) is 6.79. The van der Waals surface area contributed by atoms with Gasteiger partial charge in [-0.3, -0.25) is 0 Å². The number of hydrogen-bond acceptors (Lipinski definition) is 1. The van der Waals surface area contributed by atoms with Gasteiger partial charge in [0.15, 0.2) is 0 Å². The topological polar surface area (TPSA) is 26.0 Å². The molecule has 0 bridgehead atoms. The minimum absolute atomic E-state index is 0.138. The van der Waals surface area contributed by atoms with Crippen molar-refractivity contribution < 1.29 is 0 Å². The van der Waals surface area contributed by atoms with E-state index >= 15 is 0 Å². The fourth-order valence-electron chi connectivity index (χ4n) is 3.15. The summed E-state index contributed by atoms with van der Waals surface area (Å²) in [4.78, 5) is 0. The van der Waals surface area contributed by atoms with Crippen molar-refractivity contribution in [3.8, 4) is 0 Å². The zero-order valence-corrected chi connectivity index (χ0v) is 12.4. The zero-order valence-electron chi connectivity index (χ0n) is 11.6. The second-order valence-corrected chi connectivity index (χ2v) is 6.41. The van der Waals surface area contributed by atoms with Crippen molar-refractivity contribution in [1.29, 1.82) is 0 Å². The number of benzene rings is 1. The van der Waals surface area contributed by atoms with Gasteiger partial charge in [0.1, 0.15) is 0 Å². The van der Waals surface area contributed by atoms with Crippen molar-refractivity contribution in [2.45, 2.75) is 46.1 Å². The monoisotopic (exact) mass is 265 g/mol. The lowest BCUT2D eigenvalue weighted by molar-refractivity contribution is 0.186. The third-order valence-corrected chi connectivity index (χ3v) is 5.22. The van der Waals surface area contributed by atoms with E-state index in [2.05, 4.69) is 26.8 Å². The van der Waals surface area contributed by atoms with Gasteiger partial charge in [0.2, 0.25) is 0 Å². The van der Waals surface area contributed by atoms with Gasteiger partial charge < -0.3 is 5.73 Å². The molecule has 1 fully saturated rings. The first-order valence-electron chi connectivity index (χ1n) is 7.01. The highest BCUT2D eigenvalue weighted by atomic mass is 35.5. The molecule has 4 unspecified atom stereocenters. The maximum atomic E-state index is 6.49. The van der Waals surface area contributed by atoms with Gasteiger partial charge in [-0.1, -0.05) is 44.0 Å². The smallest absolute Gasteiger partial charge is 0.0438 e. The molecule has 0 spiro atoms. The van der Waals surface area contributed by atoms with Gasteiger partial charge in [0.25, 0.3) is 0 Å². The second-order valence-electron chi connectivity index (χ2n) is 6.01. The summed E-state index contributed by atoms with van der Waals surface area (Å²) in [5, 5.41) is 0.833. The molecule has 18 heavy (non-hydrogen) atoms. The van der Waals surface area contributed by atoms with Crippen LogP contribution in [0.1, 0.15) is 50.3 Å². The molecule has 100 valence electrons. The standard InChI is InChI=1S/C16H24ClN/c1-10-7-8-13(9-11(10)2)16(18)14-5-4-6-15(17)12(14)3/h4-6,10-11,13,16H,7-9,18H2,1-3H3. The van der Waals surface area contributed by atoms with Crippen LogP contribution in [-0.2, 0) is 0 Å². The van der Waals surface area contributed by atoms with E-state index in [9.17, 15) is 0 Å². The minimum atomic E-state index is 0.138. The maximum absolute atomic E-state index is 6.49. The van der Waals surface area contributed by atoms with Crippen LogP contribution in [-0.4, -0.2) is 0 Å². The Hall–Kier alpha value is -0.530. The molecule has 1 aliphatic rings. The lowest BCUT2D eigenvalue weighted by atomic mass is 9.72. The summed E-state index contributed by atoms with van der Waals surface area (Å²) in [6, 6.07) is 6.23. The summed E-state index contributed by atoms with van der Waals surface area (Å²) >= 11 is 6.19. The van der Waals surface area contributed by atoms with Crippen molar-refractivity contribution in [1.82, 2.24) is 0 Å². The van der Waals surface area contributed by atoms with E-state index in [1.807, 2.05) is 12.1 Å². The Bertz CT molecular complexity index is 416. The first-order valence-corrected chi connectivity index (χ1v) is 7.39. The van der Waals surface area contributed by atoms with Crippen LogP contribution in [0.5, 0.6) is 0 Å². The van der Waals surface area contributed by atoms with E-state index in [0.29, 0.717) is 5.92 Å². The molecule has 1 aliphatic carbocycles. The molecule has 0 aliphatic heterocycles. The number of hydrogen-bond donors (Lipinski definition) is 1. The van der Waals surface area contributed by atoms with E-state index in [0.717, 1.165) is 22.4 Å². The van der Waals surface area contributed by atoms with Crippen molar-refractivity contribution in [2.75, 3.05) is 0 Å². The first-order chi connectivity index (χ1) is 8.50. The number of rotatable bonds is 2. The summed E-state index contributed by atoms with van der Waals surface area (Å²) in [5.41, 5.74) is 8.87. The zero-order chi connectivity index (χ0) is 13.3. The van der Waals surface area contributed by atoms with Crippen LogP contribution in [0, 0.1) is 24.7 Å². The summed E-state index contributed by atoms with van der Waals surface area (Å²) < 4.78 is 0. The van der Waals surface area contributed by atoms with Crippen LogP contribution >= 0.6 is 11.6 Å². The van der Waals surface area contributed by atoms with Crippen molar-refractivity contribution in [2.24, 2.45) is 23.5 Å². The Morgan fingerprint density at radius 1 is 1.22 bits per heavy atom. The van der Waals surface area contributed by atoms with Gasteiger partial charge in [-0.2, -0.15) is 0 Å². The maximum Gasteiger partial charge on any atom is 0.0438 e. The summed E-state index contributed by atoms with van der Waals surface area (Å²) in [7, 11) is 0. The molecule has 2 N–H and O–H groups in total. The van der Waals surface area contributed by atoms with E-state index < -0.39 is 0 Å². The van der Waals surface area contributed by atoms with Crippen LogP contribution in [0.3, 0.4) is 0 Å². The Balaban J connectivity index is 2.16. The number of nitrogens with two attached hydrogens (primary N) is 1. The Labute approximate surface area is 116 Å². The summed E-state index contributed by atoms with van der Waals surface area (Å²) in [6.07, 6.45) is 3.80. The van der Waals surface area contributed by atoms with Gasteiger partial charge >= 0.3 is 0 Å². The fraction of sp³-hybridized carbons (Fsp3) is 0.625. The van der Waals surface area contributed by atoms with Crippen LogP contribution < -0.4 is 5.73 Å². The highest BCUT2D eigenvalue weighted by Crippen LogP contribution is 2.40. The predicted octanol–water partition coefficient (Wildman–Crippen LogP) is 4.72. The lowest BCUT2D eigenvalue weighted by Gasteiger charge is -2.36. The van der Waals surface area contributed by atoms with Crippen LogP contribution in [0.4, 0.5) is 0 Å². The minimum Gasteiger partial charge on any atom is -0.324 e. The average molecular weight is 266 g/mol. The second kappa shape index (κ2) is 5.63. The lowest BCUT2D eigenvalue weighted by Crippen LogP contribution is -2.29. The molecule has 1 aromatic rings. The number of halogens is 1. The highest BCUT2D eigenvalue weighted by molar-refractivity contribution is 6.31. The van der Waals surface area contributed by atoms with Crippen LogP contribution in [0.25, 0.3) is 0 Å². The predicted molar refractivity (Wildman–Crippen MR) is 78.8 cm³/mol. The Kier molecular flexibility index (Phi) is 4.34. The fourth-order valence-corrected chi connectivity index (χ4v) is 3.34. The molecule has 0 aromatic heterocycles.